The van der Waals surface area contributed by atoms with Gasteiger partial charge in [-0.05, 0) is 24.7 Å². The molecule has 3 rings (SSSR count). The van der Waals surface area contributed by atoms with E-state index in [1.807, 2.05) is 0 Å². The van der Waals surface area contributed by atoms with Crippen LogP contribution in [0.15, 0.2) is 22.0 Å². The third-order valence-electron chi connectivity index (χ3n) is 4.68. The van der Waals surface area contributed by atoms with E-state index in [0.29, 0.717) is 18.4 Å². The molecule has 2 aromatic rings. The third kappa shape index (κ3) is 3.19. The summed E-state index contributed by atoms with van der Waals surface area (Å²) in [4.78, 5) is 26.1. The molecule has 0 radical (unpaired) electrons. The van der Waals surface area contributed by atoms with Crippen LogP contribution >= 0.6 is 0 Å². The minimum atomic E-state index is -0.439. The predicted octanol–water partition coefficient (Wildman–Crippen LogP) is 1.16. The number of nitrogens with zero attached hydrogens (tertiary/aromatic N) is 3. The smallest absolute Gasteiger partial charge is 0.330 e. The Bertz CT molecular complexity index is 815. The summed E-state index contributed by atoms with van der Waals surface area (Å²) < 4.78 is 7.68. The molecule has 1 aliphatic heterocycles. The molecule has 1 unspecified atom stereocenters. The average molecular weight is 333 g/mol. The lowest BCUT2D eigenvalue weighted by molar-refractivity contribution is -0.0160. The zero-order valence-electron chi connectivity index (χ0n) is 14.4. The van der Waals surface area contributed by atoms with Crippen molar-refractivity contribution >= 4 is 0 Å². The van der Waals surface area contributed by atoms with Gasteiger partial charge in [-0.1, -0.05) is 26.0 Å². The summed E-state index contributed by atoms with van der Waals surface area (Å²) in [6, 6.07) is 0. The van der Waals surface area contributed by atoms with Gasteiger partial charge in [0.1, 0.15) is 6.23 Å². The highest BCUT2D eigenvalue weighted by molar-refractivity contribution is 5.03. The van der Waals surface area contributed by atoms with Crippen LogP contribution < -0.4 is 11.2 Å². The molecule has 3 heterocycles. The molecule has 0 spiro atoms. The normalized spacial score (nSPS) is 24.4. The molecule has 1 saturated heterocycles. The minimum absolute atomic E-state index is 0.0179. The van der Waals surface area contributed by atoms with Gasteiger partial charge in [0, 0.05) is 24.4 Å². The summed E-state index contributed by atoms with van der Waals surface area (Å²) in [5, 5.41) is 10.5. The van der Waals surface area contributed by atoms with Crippen LogP contribution in [0.25, 0.3) is 0 Å². The van der Waals surface area contributed by atoms with Gasteiger partial charge in [0.05, 0.1) is 11.8 Å². The molecule has 2 N–H and O–H groups in total. The summed E-state index contributed by atoms with van der Waals surface area (Å²) in [7, 11) is 0. The van der Waals surface area contributed by atoms with Crippen molar-refractivity contribution in [2.75, 3.05) is 0 Å². The Hall–Kier alpha value is -2.22. The van der Waals surface area contributed by atoms with Gasteiger partial charge in [-0.25, -0.2) is 4.79 Å². The number of ether oxygens (including phenoxy) is 1. The molecule has 24 heavy (non-hydrogen) atoms. The van der Waals surface area contributed by atoms with Gasteiger partial charge in [0.25, 0.3) is 5.56 Å². The summed E-state index contributed by atoms with van der Waals surface area (Å²) in [5.41, 5.74) is 0.542. The van der Waals surface area contributed by atoms with Crippen molar-refractivity contribution < 1.29 is 4.74 Å². The maximum absolute atomic E-state index is 12.2. The van der Waals surface area contributed by atoms with Crippen molar-refractivity contribution in [3.05, 3.63) is 44.5 Å². The molecule has 3 atom stereocenters. The highest BCUT2D eigenvalue weighted by atomic mass is 16.5. The summed E-state index contributed by atoms with van der Waals surface area (Å²) in [5.74, 6) is 0.248. The molecule has 8 heteroatoms. The Labute approximate surface area is 139 Å². The fourth-order valence-electron chi connectivity index (χ4n) is 3.33. The number of nitrogens with one attached hydrogen (secondary N) is 2. The molecule has 0 bridgehead atoms. The molecular formula is C16H23N5O3. The van der Waals surface area contributed by atoms with Gasteiger partial charge in [-0.3, -0.25) is 19.4 Å². The van der Waals surface area contributed by atoms with Crippen LogP contribution in [0.5, 0.6) is 0 Å². The van der Waals surface area contributed by atoms with Gasteiger partial charge in [0.2, 0.25) is 0 Å². The number of hydrogen-bond donors (Lipinski definition) is 2. The second-order valence-electron chi connectivity index (χ2n) is 7.48. The molecule has 0 amide bonds. The minimum Gasteiger partial charge on any atom is -0.354 e. The van der Waals surface area contributed by atoms with E-state index in [4.69, 9.17) is 4.74 Å². The Balaban J connectivity index is 1.91. The van der Waals surface area contributed by atoms with Gasteiger partial charge in [-0.15, -0.1) is 5.10 Å². The molecule has 0 saturated carbocycles. The van der Waals surface area contributed by atoms with Crippen LogP contribution in [0.1, 0.15) is 44.7 Å². The van der Waals surface area contributed by atoms with Crippen molar-refractivity contribution in [2.24, 2.45) is 11.3 Å². The molecule has 0 aromatic carbocycles. The van der Waals surface area contributed by atoms with Gasteiger partial charge in [-0.2, -0.15) is 0 Å². The second kappa shape index (κ2) is 6.01. The first-order valence-corrected chi connectivity index (χ1v) is 8.08. The highest BCUT2D eigenvalue weighted by Gasteiger charge is 2.43. The van der Waals surface area contributed by atoms with E-state index in [0.717, 1.165) is 5.69 Å². The van der Waals surface area contributed by atoms with Crippen molar-refractivity contribution in [1.82, 2.24) is 25.0 Å². The van der Waals surface area contributed by atoms with E-state index < -0.39 is 11.9 Å². The van der Waals surface area contributed by atoms with Crippen LogP contribution in [0.2, 0.25) is 0 Å². The Morgan fingerprint density at radius 1 is 1.38 bits per heavy atom. The maximum Gasteiger partial charge on any atom is 0.330 e. The fourth-order valence-corrected chi connectivity index (χ4v) is 3.33. The van der Waals surface area contributed by atoms with Crippen molar-refractivity contribution in [3.63, 3.8) is 0 Å². The van der Waals surface area contributed by atoms with Gasteiger partial charge in [0.15, 0.2) is 0 Å². The highest BCUT2D eigenvalue weighted by Crippen LogP contribution is 2.44. The Kier molecular flexibility index (Phi) is 4.16. The first-order valence-electron chi connectivity index (χ1n) is 8.08. The van der Waals surface area contributed by atoms with Crippen LogP contribution in [-0.2, 0) is 11.2 Å². The number of aromatic nitrogens is 5. The number of H-pyrrole nitrogens is 2. The summed E-state index contributed by atoms with van der Waals surface area (Å²) in [6.45, 7) is 8.18. The van der Waals surface area contributed by atoms with E-state index in [2.05, 4.69) is 41.2 Å². The molecule has 0 aliphatic carbocycles. The van der Waals surface area contributed by atoms with E-state index in [1.54, 1.807) is 19.3 Å². The molecular weight excluding hydrogens is 310 g/mol. The fraction of sp³-hybridized carbons (Fsp3) is 0.625. The second-order valence-corrected chi connectivity index (χ2v) is 7.48. The topological polar surface area (TPSA) is 106 Å². The quantitative estimate of drug-likeness (QED) is 0.876. The molecule has 130 valence electrons. The first kappa shape index (κ1) is 16.6. The molecule has 1 aliphatic rings. The lowest BCUT2D eigenvalue weighted by atomic mass is 9.75. The molecule has 2 aromatic heterocycles. The van der Waals surface area contributed by atoms with E-state index >= 15 is 0 Å². The van der Waals surface area contributed by atoms with Crippen LogP contribution in [0, 0.1) is 18.3 Å². The van der Waals surface area contributed by atoms with Gasteiger partial charge < -0.3 is 4.74 Å². The van der Waals surface area contributed by atoms with Crippen molar-refractivity contribution in [1.29, 1.82) is 0 Å². The lowest BCUT2D eigenvalue weighted by Crippen LogP contribution is -2.33. The van der Waals surface area contributed by atoms with E-state index in [-0.39, 0.29) is 23.0 Å². The number of hydrogen-bond acceptors (Lipinski definition) is 5. The molecule has 1 fully saturated rings. The van der Waals surface area contributed by atoms with Crippen molar-refractivity contribution in [2.45, 2.75) is 52.9 Å². The largest absolute Gasteiger partial charge is 0.354 e. The van der Waals surface area contributed by atoms with Crippen LogP contribution in [-0.4, -0.2) is 31.1 Å². The van der Waals surface area contributed by atoms with Crippen molar-refractivity contribution in [3.8, 4) is 0 Å². The third-order valence-corrected chi connectivity index (χ3v) is 4.68. The van der Waals surface area contributed by atoms with Crippen LogP contribution in [0.4, 0.5) is 0 Å². The maximum atomic E-state index is 12.2. The summed E-state index contributed by atoms with van der Waals surface area (Å²) >= 11 is 0. The number of rotatable bonds is 3. The standard InChI is InChI=1S/C16H23N5O3/c1-9-8-21(15(23)18-14(9)22)13-6-11(16(2,3)4)12(24-13)5-10-7-17-20-19-10/h7-8,11-13H,5-6H2,1-4H3,(H,17,19,20)(H,18,22,23)/t11?,12-,13-/m1/s1. The number of aromatic amines is 2. The van der Waals surface area contributed by atoms with Crippen LogP contribution in [0.3, 0.4) is 0 Å². The number of aryl methyl sites for hydroxylation is 1. The van der Waals surface area contributed by atoms with Gasteiger partial charge >= 0.3 is 5.69 Å². The SMILES string of the molecule is Cc1cn([C@H]2CC(C(C)(C)C)[C@@H](Cc3c[nH]nn3)O2)c(=O)[nH]c1=O. The van der Waals surface area contributed by atoms with E-state index in [9.17, 15) is 9.59 Å². The first-order chi connectivity index (χ1) is 11.3. The van der Waals surface area contributed by atoms with E-state index in [1.165, 1.54) is 4.57 Å². The lowest BCUT2D eigenvalue weighted by Gasteiger charge is -2.30. The Morgan fingerprint density at radius 3 is 2.75 bits per heavy atom. The Morgan fingerprint density at radius 2 is 2.12 bits per heavy atom. The molecule has 8 nitrogen and oxygen atoms in total. The zero-order valence-corrected chi connectivity index (χ0v) is 14.4. The predicted molar refractivity (Wildman–Crippen MR) is 87.6 cm³/mol. The summed E-state index contributed by atoms with van der Waals surface area (Å²) in [6.07, 6.45) is 4.20. The zero-order chi connectivity index (χ0) is 17.5. The average Bonchev–Trinajstić information content (AvgIpc) is 3.12. The monoisotopic (exact) mass is 333 g/mol.